The topological polar surface area (TPSA) is 485 Å². The second-order valence-corrected chi connectivity index (χ2v) is 35.7. The molecule has 0 aliphatic heterocycles. The summed E-state index contributed by atoms with van der Waals surface area (Å²) in [5, 5.41) is 16.8. The molecule has 0 spiro atoms. The van der Waals surface area contributed by atoms with Crippen LogP contribution in [0.15, 0.2) is 244 Å². The number of carboxylic acids is 1. The molecular weight excluding hydrogens is 1760 g/mol. The lowest BCUT2D eigenvalue weighted by atomic mass is 10.0. The first-order valence-electron chi connectivity index (χ1n) is 44.5. The molecule has 0 saturated carbocycles. The fourth-order valence-corrected chi connectivity index (χ4v) is 19.8. The smallest absolute Gasteiger partial charge is 0.340 e. The summed E-state index contributed by atoms with van der Waals surface area (Å²) in [7, 11) is 3.23. The normalized spacial score (nSPS) is 11.0. The first kappa shape index (κ1) is 109. The SMILES string of the molecule is CC.CC(C)c1ccc(N)cc1.CCOP(=O)(CCCN)CP(=O)(OCC)OCC.CN.CNC(=O)c1cccc(-n2cc(-c3cccc(OC)c3)c3c(N)ncnc32)c1.CNC(=O)c1cccc(-n2cc(-c3cccc(OC)c3)c3c(N)ncnc32)c1.COc1cccc(-c2cn(-c3cccc(C(=O)O)c3)c3ncnc(N)c23)c1.Cc1ccc(CCN)cc1C.Cc1ccc(CN)cc1C. The third kappa shape index (κ3) is 30.0. The molecule has 0 saturated heterocycles. The molecule has 9 aromatic carbocycles. The number of carbonyl (C=O) groups is 3. The Hall–Kier alpha value is -14.0. The van der Waals surface area contributed by atoms with Gasteiger partial charge in [-0.3, -0.25) is 18.7 Å². The van der Waals surface area contributed by atoms with Gasteiger partial charge < -0.3 is 103 Å². The zero-order chi connectivity index (χ0) is 99.8. The predicted molar refractivity (Wildman–Crippen MR) is 552 cm³/mol. The minimum Gasteiger partial charge on any atom is -0.497 e. The largest absolute Gasteiger partial charge is 0.497 e. The van der Waals surface area contributed by atoms with Gasteiger partial charge in [0, 0.05) is 96.0 Å². The minimum absolute atomic E-state index is 0.152. The maximum absolute atomic E-state index is 12.5. The van der Waals surface area contributed by atoms with Gasteiger partial charge in [0.2, 0.25) is 7.37 Å². The Morgan fingerprint density at radius 2 is 0.801 bits per heavy atom. The highest BCUT2D eigenvalue weighted by Crippen LogP contribution is 2.63. The van der Waals surface area contributed by atoms with Gasteiger partial charge in [-0.25, -0.2) is 34.7 Å². The van der Waals surface area contributed by atoms with E-state index < -0.39 is 20.9 Å². The Labute approximate surface area is 797 Å². The van der Waals surface area contributed by atoms with Crippen molar-refractivity contribution in [2.75, 3.05) is 110 Å². The van der Waals surface area contributed by atoms with Crippen LogP contribution in [0.3, 0.4) is 0 Å². The van der Waals surface area contributed by atoms with Crippen molar-refractivity contribution in [3.8, 4) is 67.7 Å². The van der Waals surface area contributed by atoms with Crippen LogP contribution in [0, 0.1) is 27.7 Å². The van der Waals surface area contributed by atoms with E-state index in [9.17, 15) is 28.6 Å². The molecule has 720 valence electrons. The van der Waals surface area contributed by atoms with E-state index in [4.69, 9.17) is 67.9 Å². The molecule has 2 amide bonds. The van der Waals surface area contributed by atoms with Crippen LogP contribution in [0.5, 0.6) is 17.2 Å². The maximum Gasteiger partial charge on any atom is 0.340 e. The predicted octanol–water partition coefficient (Wildman–Crippen LogP) is 18.9. The van der Waals surface area contributed by atoms with Gasteiger partial charge in [0.05, 0.1) is 62.9 Å². The molecule has 19 N–H and O–H groups in total. The van der Waals surface area contributed by atoms with Crippen molar-refractivity contribution >= 4 is 89.0 Å². The first-order chi connectivity index (χ1) is 65.4. The lowest BCUT2D eigenvalue weighted by Gasteiger charge is -2.23. The minimum atomic E-state index is -3.34. The molecule has 1 unspecified atom stereocenters. The van der Waals surface area contributed by atoms with Gasteiger partial charge in [0.25, 0.3) is 11.8 Å². The van der Waals surface area contributed by atoms with Crippen LogP contribution >= 0.6 is 15.0 Å². The highest BCUT2D eigenvalue weighted by molar-refractivity contribution is 7.73. The zero-order valence-corrected chi connectivity index (χ0v) is 82.5. The summed E-state index contributed by atoms with van der Waals surface area (Å²) in [5.41, 5.74) is 65.9. The average molecular weight is 1890 g/mol. The molecule has 0 aliphatic rings. The number of benzene rings is 9. The molecule has 15 aromatic rings. The van der Waals surface area contributed by atoms with E-state index in [1.165, 1.54) is 65.0 Å². The lowest BCUT2D eigenvalue weighted by molar-refractivity contribution is 0.0696. The maximum atomic E-state index is 12.5. The Morgan fingerprint density at radius 3 is 1.13 bits per heavy atom. The molecule has 0 aliphatic carbocycles. The van der Waals surface area contributed by atoms with Crippen molar-refractivity contribution in [1.82, 2.24) is 54.2 Å². The fraction of sp³-hybridized carbons (Fsp3) is 0.272. The average Bonchev–Trinajstić information content (AvgIpc) is 1.62. The molecular formula is C103H131N19O12P2. The monoisotopic (exact) mass is 1890 g/mol. The summed E-state index contributed by atoms with van der Waals surface area (Å²) in [4.78, 5) is 61.1. The number of aromatic nitrogens is 9. The second-order valence-electron chi connectivity index (χ2n) is 30.5. The number of hydrogen-bond donors (Lipinski definition) is 11. The molecule has 136 heavy (non-hydrogen) atoms. The Kier molecular flexibility index (Phi) is 43.6. The first-order valence-corrected chi connectivity index (χ1v) is 48.2. The van der Waals surface area contributed by atoms with Crippen LogP contribution in [-0.2, 0) is 35.7 Å². The van der Waals surface area contributed by atoms with Crippen LogP contribution in [0.2, 0.25) is 0 Å². The number of nitrogens with one attached hydrogen (secondary N) is 2. The number of aryl methyl sites for hydroxylation is 4. The Morgan fingerprint density at radius 1 is 0.441 bits per heavy atom. The van der Waals surface area contributed by atoms with Crippen molar-refractivity contribution < 1.29 is 56.4 Å². The fourth-order valence-electron chi connectivity index (χ4n) is 14.0. The van der Waals surface area contributed by atoms with Crippen LogP contribution in [0.4, 0.5) is 23.1 Å². The van der Waals surface area contributed by atoms with E-state index in [2.05, 4.69) is 136 Å². The number of nitrogen functional groups attached to an aromatic ring is 4. The Balaban J connectivity index is 0.000000223. The van der Waals surface area contributed by atoms with Crippen molar-refractivity contribution in [3.05, 3.63) is 299 Å². The van der Waals surface area contributed by atoms with Gasteiger partial charge in [-0.1, -0.05) is 131 Å². The zero-order valence-electron chi connectivity index (χ0n) is 80.7. The highest BCUT2D eigenvalue weighted by Gasteiger charge is 2.36. The van der Waals surface area contributed by atoms with Crippen molar-refractivity contribution in [2.24, 2.45) is 22.9 Å². The van der Waals surface area contributed by atoms with Gasteiger partial charge in [0.15, 0.2) is 16.9 Å². The highest BCUT2D eigenvalue weighted by atomic mass is 31.2. The van der Waals surface area contributed by atoms with Crippen LogP contribution in [0.1, 0.15) is 131 Å². The summed E-state index contributed by atoms with van der Waals surface area (Å²) >= 11 is 0. The number of rotatable bonds is 27. The number of ether oxygens (including phenoxy) is 3. The van der Waals surface area contributed by atoms with Gasteiger partial charge in [-0.2, -0.15) is 0 Å². The van der Waals surface area contributed by atoms with E-state index in [1.54, 1.807) is 86.5 Å². The van der Waals surface area contributed by atoms with Crippen LogP contribution in [0.25, 0.3) is 83.5 Å². The van der Waals surface area contributed by atoms with E-state index >= 15 is 0 Å². The van der Waals surface area contributed by atoms with Gasteiger partial charge in [-0.05, 0) is 246 Å². The molecule has 0 bridgehead atoms. The number of carboxylic acid groups (broad SMARTS) is 1. The van der Waals surface area contributed by atoms with E-state index in [-0.39, 0.29) is 36.5 Å². The number of fused-ring (bicyclic) bond motifs is 3. The summed E-state index contributed by atoms with van der Waals surface area (Å²) in [5.74, 6) is 2.48. The molecule has 0 radical (unpaired) electrons. The number of carbonyl (C=O) groups excluding carboxylic acids is 2. The summed E-state index contributed by atoms with van der Waals surface area (Å²) < 4.78 is 62.1. The van der Waals surface area contributed by atoms with Crippen molar-refractivity contribution in [2.45, 2.75) is 101 Å². The molecule has 6 aromatic heterocycles. The van der Waals surface area contributed by atoms with E-state index in [0.717, 1.165) is 91.4 Å². The third-order valence-electron chi connectivity index (χ3n) is 21.1. The molecule has 1 atom stereocenters. The van der Waals surface area contributed by atoms with Crippen LogP contribution < -0.4 is 70.7 Å². The molecule has 15 rings (SSSR count). The number of anilines is 4. The van der Waals surface area contributed by atoms with Crippen LogP contribution in [-0.4, -0.2) is 154 Å². The number of nitrogens with zero attached hydrogens (tertiary/aromatic N) is 9. The molecule has 33 heteroatoms. The number of methoxy groups -OCH3 is 3. The Bertz CT molecular complexity index is 6310. The summed E-state index contributed by atoms with van der Waals surface area (Å²) in [6.07, 6.45) is 11.9. The third-order valence-corrected chi connectivity index (χ3v) is 27.2. The van der Waals surface area contributed by atoms with E-state index in [1.807, 2.05) is 174 Å². The molecule has 31 nitrogen and oxygen atoms in total. The second kappa shape index (κ2) is 54.4. The standard InChI is InChI=1S/2C21H19N5O2.C20H16N4O3.C10H25NO5P2.C10H15N.2C9H13N.C2H6.CH5N/c2*1-23-21(27)14-6-3-7-15(9-14)26-11-17(13-5-4-8-16(10-13)28-2)18-19(22)24-12-25-20(18)26;1-27-15-7-3-4-12(9-15)16-10-24(19-17(16)18(21)22-11-23-19)14-6-2-5-13(8-14)20(25)26;1-4-14-17(12,9-7-8-11)10-18(13,15-5-2)16-6-3;1-8-3-4-10(5-6-11)7-9(8)2;1-7(2)8-3-5-9(10)6-4-8;1-7-3-4-9(6-10)5-8(7)2;2*1-2/h2*3-12H,1-2H3,(H,23,27)(H2,22,24,25);2-11H,1H3,(H,25,26)(H2,21,22,23);4-11H2,1-3H3;3-4,7H,5-6,11H2,1-2H3;3-7H,10H2,1-2H3;3-5H,6,10H2,1-2H3;1-2H3;2H2,1H3. The molecule has 6 heterocycles. The van der Waals surface area contributed by atoms with E-state index in [0.29, 0.717) is 94.8 Å². The molecule has 0 fully saturated rings. The number of hydrogen-bond acceptors (Lipinski definition) is 25. The number of nitrogens with two attached hydrogens (primary N) is 8. The number of amides is 2. The summed E-state index contributed by atoms with van der Waals surface area (Å²) in [6.45, 7) is 24.6. The quantitative estimate of drug-likeness (QED) is 0.0168. The van der Waals surface area contributed by atoms with Crippen molar-refractivity contribution in [3.63, 3.8) is 0 Å². The van der Waals surface area contributed by atoms with Gasteiger partial charge in [0.1, 0.15) is 59.6 Å². The summed E-state index contributed by atoms with van der Waals surface area (Å²) in [6, 6.07) is 65.2. The lowest BCUT2D eigenvalue weighted by Crippen LogP contribution is -2.17. The van der Waals surface area contributed by atoms with Gasteiger partial charge >= 0.3 is 13.6 Å². The number of aromatic carboxylic acids is 1. The van der Waals surface area contributed by atoms with Gasteiger partial charge in [-0.15, -0.1) is 0 Å². The van der Waals surface area contributed by atoms with Crippen molar-refractivity contribution in [1.29, 1.82) is 0 Å².